The van der Waals surface area contributed by atoms with E-state index in [1.165, 1.54) is 18.6 Å². The molecule has 2 saturated heterocycles. The summed E-state index contributed by atoms with van der Waals surface area (Å²) in [5.41, 5.74) is -0.519. The molecule has 2 N–H and O–H groups in total. The largest absolute Gasteiger partial charge is 0.353 e. The SMILES string of the molecule is CC1(CNC(=O)C2(n3cccn3)CCNCC2)CCCS1.Cl. The molecule has 2 aliphatic rings. The van der Waals surface area contributed by atoms with Gasteiger partial charge in [-0.25, -0.2) is 0 Å². The molecule has 0 spiro atoms. The fraction of sp³-hybridized carbons (Fsp3) is 0.733. The van der Waals surface area contributed by atoms with Gasteiger partial charge in [0.15, 0.2) is 0 Å². The number of hydrogen-bond acceptors (Lipinski definition) is 4. The van der Waals surface area contributed by atoms with Crippen molar-refractivity contribution in [1.82, 2.24) is 20.4 Å². The van der Waals surface area contributed by atoms with Crippen LogP contribution in [0.15, 0.2) is 18.5 Å². The number of piperidine rings is 1. The lowest BCUT2D eigenvalue weighted by Gasteiger charge is -2.37. The number of nitrogens with one attached hydrogen (secondary N) is 2. The summed E-state index contributed by atoms with van der Waals surface area (Å²) in [5, 5.41) is 10.9. The second-order valence-corrected chi connectivity index (χ2v) is 8.00. The van der Waals surface area contributed by atoms with Crippen LogP contribution < -0.4 is 10.6 Å². The number of halogens is 1. The summed E-state index contributed by atoms with van der Waals surface area (Å²) >= 11 is 1.98. The Hall–Kier alpha value is -0.720. The molecule has 22 heavy (non-hydrogen) atoms. The highest BCUT2D eigenvalue weighted by atomic mass is 35.5. The highest BCUT2D eigenvalue weighted by molar-refractivity contribution is 8.00. The zero-order valence-corrected chi connectivity index (χ0v) is 14.6. The van der Waals surface area contributed by atoms with Crippen molar-refractivity contribution in [2.45, 2.75) is 42.9 Å². The van der Waals surface area contributed by atoms with Crippen molar-refractivity contribution in [2.24, 2.45) is 0 Å². The summed E-state index contributed by atoms with van der Waals surface area (Å²) in [6.45, 7) is 4.74. The van der Waals surface area contributed by atoms with Crippen LogP contribution in [-0.2, 0) is 10.3 Å². The number of nitrogens with zero attached hydrogens (tertiary/aromatic N) is 2. The number of rotatable bonds is 4. The van der Waals surface area contributed by atoms with Gasteiger partial charge >= 0.3 is 0 Å². The van der Waals surface area contributed by atoms with Gasteiger partial charge in [0.05, 0.1) is 0 Å². The van der Waals surface area contributed by atoms with Crippen molar-refractivity contribution in [2.75, 3.05) is 25.4 Å². The lowest BCUT2D eigenvalue weighted by atomic mass is 9.87. The predicted octanol–water partition coefficient (Wildman–Crippen LogP) is 1.79. The van der Waals surface area contributed by atoms with Crippen molar-refractivity contribution < 1.29 is 4.79 Å². The minimum absolute atomic E-state index is 0. The zero-order chi connectivity index (χ0) is 14.8. The molecule has 3 rings (SSSR count). The topological polar surface area (TPSA) is 59.0 Å². The van der Waals surface area contributed by atoms with Crippen LogP contribution in [0.5, 0.6) is 0 Å². The highest BCUT2D eigenvalue weighted by Gasteiger charge is 2.42. The predicted molar refractivity (Wildman–Crippen MR) is 92.7 cm³/mol. The summed E-state index contributed by atoms with van der Waals surface area (Å²) in [6.07, 6.45) is 7.70. The Morgan fingerprint density at radius 3 is 2.77 bits per heavy atom. The Labute approximate surface area is 142 Å². The molecule has 0 bridgehead atoms. The minimum atomic E-state index is -0.519. The van der Waals surface area contributed by atoms with Crippen LogP contribution in [0.1, 0.15) is 32.6 Å². The maximum atomic E-state index is 12.9. The molecular formula is C15H25ClN4OS. The van der Waals surface area contributed by atoms with Gasteiger partial charge in [-0.05, 0) is 57.5 Å². The third-order valence-electron chi connectivity index (χ3n) is 4.72. The number of carbonyl (C=O) groups excluding carboxylic acids is 1. The lowest BCUT2D eigenvalue weighted by Crippen LogP contribution is -2.56. The van der Waals surface area contributed by atoms with Gasteiger partial charge in [0, 0.05) is 23.7 Å². The molecule has 1 aromatic rings. The fourth-order valence-corrected chi connectivity index (χ4v) is 4.57. The Morgan fingerprint density at radius 1 is 1.41 bits per heavy atom. The van der Waals surface area contributed by atoms with Gasteiger partial charge in [-0.1, -0.05) is 0 Å². The fourth-order valence-electron chi connectivity index (χ4n) is 3.33. The number of hydrogen-bond donors (Lipinski definition) is 2. The summed E-state index contributed by atoms with van der Waals surface area (Å²) in [7, 11) is 0. The zero-order valence-electron chi connectivity index (χ0n) is 13.0. The van der Waals surface area contributed by atoms with Gasteiger partial charge < -0.3 is 10.6 Å². The van der Waals surface area contributed by atoms with E-state index in [0.717, 1.165) is 32.5 Å². The van der Waals surface area contributed by atoms with Gasteiger partial charge in [-0.2, -0.15) is 16.9 Å². The Balaban J connectivity index is 0.00000176. The molecule has 0 aromatic carbocycles. The Kier molecular flexibility index (Phi) is 5.80. The second kappa shape index (κ2) is 7.23. The van der Waals surface area contributed by atoms with Gasteiger partial charge in [0.25, 0.3) is 0 Å². The van der Waals surface area contributed by atoms with E-state index in [9.17, 15) is 4.79 Å². The summed E-state index contributed by atoms with van der Waals surface area (Å²) in [5.74, 6) is 1.34. The van der Waals surface area contributed by atoms with E-state index >= 15 is 0 Å². The van der Waals surface area contributed by atoms with Crippen molar-refractivity contribution in [3.8, 4) is 0 Å². The standard InChI is InChI=1S/C15H24N4OS.ClH/c1-14(4-2-11-21-14)12-17-13(20)15(5-8-16-9-6-15)19-10-3-7-18-19;/h3,7,10,16H,2,4-6,8-9,11-12H2,1H3,(H,17,20);1H. The molecule has 3 heterocycles. The Bertz CT molecular complexity index is 482. The van der Waals surface area contributed by atoms with Gasteiger partial charge in [0.2, 0.25) is 5.91 Å². The second-order valence-electron chi connectivity index (χ2n) is 6.32. The lowest BCUT2D eigenvalue weighted by molar-refractivity contribution is -0.132. The quantitative estimate of drug-likeness (QED) is 0.874. The van der Waals surface area contributed by atoms with E-state index in [1.54, 1.807) is 6.20 Å². The molecule has 0 saturated carbocycles. The van der Waals surface area contributed by atoms with Gasteiger partial charge in [-0.15, -0.1) is 12.4 Å². The molecule has 5 nitrogen and oxygen atoms in total. The number of carbonyl (C=O) groups is 1. The molecule has 1 atom stereocenters. The molecule has 2 aliphatic heterocycles. The molecule has 7 heteroatoms. The van der Waals surface area contributed by atoms with Gasteiger partial charge in [-0.3, -0.25) is 9.48 Å². The number of aromatic nitrogens is 2. The summed E-state index contributed by atoms with van der Waals surface area (Å²) in [6, 6.07) is 1.89. The van der Waals surface area contributed by atoms with Crippen molar-refractivity contribution in [3.05, 3.63) is 18.5 Å². The monoisotopic (exact) mass is 344 g/mol. The van der Waals surface area contributed by atoms with Crippen molar-refractivity contribution in [3.63, 3.8) is 0 Å². The van der Waals surface area contributed by atoms with Crippen LogP contribution in [0, 0.1) is 0 Å². The molecule has 1 amide bonds. The molecule has 2 fully saturated rings. The summed E-state index contributed by atoms with van der Waals surface area (Å²) < 4.78 is 2.06. The van der Waals surface area contributed by atoms with Crippen LogP contribution in [0.25, 0.3) is 0 Å². The average molecular weight is 345 g/mol. The number of thioether (sulfide) groups is 1. The maximum absolute atomic E-state index is 12.9. The first-order valence-corrected chi connectivity index (χ1v) is 8.76. The van der Waals surface area contributed by atoms with Gasteiger partial charge in [0.1, 0.15) is 5.54 Å². The molecule has 1 unspecified atom stereocenters. The van der Waals surface area contributed by atoms with Crippen LogP contribution in [0.3, 0.4) is 0 Å². The third kappa shape index (κ3) is 3.44. The molecule has 0 aliphatic carbocycles. The van der Waals surface area contributed by atoms with Crippen LogP contribution >= 0.6 is 24.2 Å². The molecule has 0 radical (unpaired) electrons. The molecule has 1 aromatic heterocycles. The molecule has 124 valence electrons. The third-order valence-corrected chi connectivity index (χ3v) is 6.26. The highest BCUT2D eigenvalue weighted by Crippen LogP contribution is 2.37. The molecular weight excluding hydrogens is 320 g/mol. The normalized spacial score (nSPS) is 27.1. The first-order chi connectivity index (χ1) is 10.1. The smallest absolute Gasteiger partial charge is 0.248 e. The van der Waals surface area contributed by atoms with E-state index in [0.29, 0.717) is 0 Å². The first kappa shape index (κ1) is 17.6. The van der Waals surface area contributed by atoms with E-state index in [4.69, 9.17) is 0 Å². The van der Waals surface area contributed by atoms with E-state index in [-0.39, 0.29) is 23.1 Å². The van der Waals surface area contributed by atoms with E-state index in [1.807, 2.05) is 28.7 Å². The maximum Gasteiger partial charge on any atom is 0.248 e. The average Bonchev–Trinajstić information content (AvgIpc) is 3.18. The van der Waals surface area contributed by atoms with E-state index in [2.05, 4.69) is 22.7 Å². The Morgan fingerprint density at radius 2 is 2.18 bits per heavy atom. The van der Waals surface area contributed by atoms with Crippen LogP contribution in [0.4, 0.5) is 0 Å². The van der Waals surface area contributed by atoms with E-state index < -0.39 is 5.54 Å². The first-order valence-electron chi connectivity index (χ1n) is 7.78. The minimum Gasteiger partial charge on any atom is -0.353 e. The van der Waals surface area contributed by atoms with Crippen LogP contribution in [0.2, 0.25) is 0 Å². The number of amides is 1. The van der Waals surface area contributed by atoms with Crippen molar-refractivity contribution in [1.29, 1.82) is 0 Å². The van der Waals surface area contributed by atoms with Crippen molar-refractivity contribution >= 4 is 30.1 Å². The summed E-state index contributed by atoms with van der Waals surface area (Å²) in [4.78, 5) is 12.9. The van der Waals surface area contributed by atoms with Crippen LogP contribution in [-0.4, -0.2) is 45.8 Å².